The van der Waals surface area contributed by atoms with Gasteiger partial charge in [0.15, 0.2) is 6.61 Å². The van der Waals surface area contributed by atoms with Crippen molar-refractivity contribution in [1.82, 2.24) is 19.9 Å². The second-order valence-corrected chi connectivity index (χ2v) is 6.55. The molecule has 4 rings (SSSR count). The molecule has 0 saturated carbocycles. The number of hydrogen-bond donors (Lipinski definition) is 0. The molecule has 0 amide bonds. The zero-order chi connectivity index (χ0) is 22.0. The van der Waals surface area contributed by atoms with Crippen LogP contribution in [-0.4, -0.2) is 25.9 Å². The summed E-state index contributed by atoms with van der Waals surface area (Å²) in [5.41, 5.74) is 1.25. The molecular formula is C21H15F3N4O3. The van der Waals surface area contributed by atoms with Crippen molar-refractivity contribution in [2.75, 3.05) is 0 Å². The summed E-state index contributed by atoms with van der Waals surface area (Å²) in [5, 5.41) is 7.93. The third-order valence-electron chi connectivity index (χ3n) is 4.50. The van der Waals surface area contributed by atoms with Crippen LogP contribution in [0.15, 0.2) is 65.3 Å². The molecule has 0 bridgehead atoms. The molecule has 0 aliphatic rings. The number of carbonyl (C=O) groups excluding carboxylic acids is 1. The second-order valence-electron chi connectivity index (χ2n) is 6.55. The average molecular weight is 428 g/mol. The maximum absolute atomic E-state index is 12.7. The first kappa shape index (κ1) is 20.3. The van der Waals surface area contributed by atoms with Crippen LogP contribution in [0.25, 0.3) is 17.1 Å². The Hall–Kier alpha value is -3.95. The van der Waals surface area contributed by atoms with Crippen molar-refractivity contribution in [1.29, 1.82) is 0 Å². The van der Waals surface area contributed by atoms with Gasteiger partial charge in [-0.15, -0.1) is 0 Å². The van der Waals surface area contributed by atoms with Gasteiger partial charge < -0.3 is 9.26 Å². The van der Waals surface area contributed by atoms with Gasteiger partial charge in [-0.05, 0) is 31.2 Å². The Morgan fingerprint density at radius 1 is 1.10 bits per heavy atom. The van der Waals surface area contributed by atoms with Crippen LogP contribution in [-0.2, 0) is 17.5 Å². The van der Waals surface area contributed by atoms with Crippen molar-refractivity contribution < 1.29 is 27.2 Å². The van der Waals surface area contributed by atoms with E-state index in [0.29, 0.717) is 11.3 Å². The first-order valence-corrected chi connectivity index (χ1v) is 9.10. The van der Waals surface area contributed by atoms with E-state index in [0.717, 1.165) is 17.8 Å². The molecule has 2 aromatic carbocycles. The Labute approximate surface area is 174 Å². The molecule has 0 aliphatic heterocycles. The van der Waals surface area contributed by atoms with E-state index in [1.807, 2.05) is 30.3 Å². The maximum Gasteiger partial charge on any atom is 0.416 e. The van der Waals surface area contributed by atoms with Crippen molar-refractivity contribution in [2.45, 2.75) is 19.7 Å². The minimum atomic E-state index is -4.43. The van der Waals surface area contributed by atoms with Gasteiger partial charge in [-0.3, -0.25) is 0 Å². The van der Waals surface area contributed by atoms with E-state index in [2.05, 4.69) is 15.2 Å². The molecule has 0 saturated heterocycles. The predicted octanol–water partition coefficient (Wildman–Crippen LogP) is 4.61. The van der Waals surface area contributed by atoms with Gasteiger partial charge in [0.25, 0.3) is 5.89 Å². The smallest absolute Gasteiger partial charge is 0.416 e. The van der Waals surface area contributed by atoms with Crippen LogP contribution in [0.5, 0.6) is 0 Å². The van der Waals surface area contributed by atoms with Gasteiger partial charge in [0, 0.05) is 5.56 Å². The Bertz CT molecular complexity index is 1200. The second kappa shape index (κ2) is 8.05. The van der Waals surface area contributed by atoms with Gasteiger partial charge in [-0.1, -0.05) is 35.5 Å². The lowest BCUT2D eigenvalue weighted by Gasteiger charge is -2.05. The van der Waals surface area contributed by atoms with Crippen molar-refractivity contribution in [3.63, 3.8) is 0 Å². The van der Waals surface area contributed by atoms with E-state index in [9.17, 15) is 18.0 Å². The zero-order valence-corrected chi connectivity index (χ0v) is 16.1. The van der Waals surface area contributed by atoms with Gasteiger partial charge >= 0.3 is 12.1 Å². The van der Waals surface area contributed by atoms with Gasteiger partial charge in [-0.25, -0.2) is 9.48 Å². The zero-order valence-electron chi connectivity index (χ0n) is 16.1. The molecule has 0 fully saturated rings. The number of carbonyl (C=O) groups is 1. The summed E-state index contributed by atoms with van der Waals surface area (Å²) in [5.74, 6) is -0.516. The molecule has 0 radical (unpaired) electrons. The Morgan fingerprint density at radius 3 is 2.48 bits per heavy atom. The summed E-state index contributed by atoms with van der Waals surface area (Å²) >= 11 is 0. The molecule has 0 spiro atoms. The summed E-state index contributed by atoms with van der Waals surface area (Å²) in [6.45, 7) is 1.45. The normalized spacial score (nSPS) is 11.5. The fourth-order valence-corrected chi connectivity index (χ4v) is 2.88. The standard InChI is InChI=1S/C21H15F3N4O3/c1-13-17(11-25-28(13)16-5-3-2-4-6-16)20(29)30-12-18-26-19(27-31-18)14-7-9-15(10-8-14)21(22,23)24/h2-11H,12H2,1H3. The molecule has 0 N–H and O–H groups in total. The van der Waals surface area contributed by atoms with Crippen LogP contribution in [0.1, 0.15) is 27.5 Å². The number of ether oxygens (including phenoxy) is 1. The van der Waals surface area contributed by atoms with Gasteiger partial charge in [0.05, 0.1) is 23.1 Å². The number of aromatic nitrogens is 4. The van der Waals surface area contributed by atoms with Crippen molar-refractivity contribution in [3.8, 4) is 17.1 Å². The van der Waals surface area contributed by atoms with Crippen molar-refractivity contribution >= 4 is 5.97 Å². The first-order chi connectivity index (χ1) is 14.8. The number of nitrogens with zero attached hydrogens (tertiary/aromatic N) is 4. The lowest BCUT2D eigenvalue weighted by atomic mass is 10.1. The summed E-state index contributed by atoms with van der Waals surface area (Å²) in [4.78, 5) is 16.5. The molecule has 0 atom stereocenters. The molecule has 158 valence electrons. The number of esters is 1. The van der Waals surface area contributed by atoms with E-state index in [1.54, 1.807) is 11.6 Å². The Kier molecular flexibility index (Phi) is 5.28. The molecule has 0 aliphatic carbocycles. The molecule has 7 nitrogen and oxygen atoms in total. The van der Waals surface area contributed by atoms with Crippen LogP contribution < -0.4 is 0 Å². The number of rotatable bonds is 5. The third kappa shape index (κ3) is 4.32. The number of halogens is 3. The highest BCUT2D eigenvalue weighted by molar-refractivity contribution is 5.90. The van der Waals surface area contributed by atoms with Crippen molar-refractivity contribution in [2.24, 2.45) is 0 Å². The van der Waals surface area contributed by atoms with Crippen LogP contribution in [0.4, 0.5) is 13.2 Å². The topological polar surface area (TPSA) is 83.0 Å². The van der Waals surface area contributed by atoms with E-state index in [1.165, 1.54) is 18.3 Å². The fourth-order valence-electron chi connectivity index (χ4n) is 2.88. The molecular weight excluding hydrogens is 413 g/mol. The quantitative estimate of drug-likeness (QED) is 0.432. The van der Waals surface area contributed by atoms with Crippen LogP contribution in [0, 0.1) is 6.92 Å². The van der Waals surface area contributed by atoms with Crippen LogP contribution in [0.3, 0.4) is 0 Å². The third-order valence-corrected chi connectivity index (χ3v) is 4.50. The lowest BCUT2D eigenvalue weighted by molar-refractivity contribution is -0.137. The Balaban J connectivity index is 1.42. The van der Waals surface area contributed by atoms with Crippen LogP contribution >= 0.6 is 0 Å². The summed E-state index contributed by atoms with van der Waals surface area (Å²) in [6, 6.07) is 13.6. The molecule has 10 heteroatoms. The summed E-state index contributed by atoms with van der Waals surface area (Å²) in [7, 11) is 0. The van der Waals surface area contributed by atoms with E-state index < -0.39 is 17.7 Å². The highest BCUT2D eigenvalue weighted by atomic mass is 19.4. The minimum Gasteiger partial charge on any atom is -0.452 e. The highest BCUT2D eigenvalue weighted by Crippen LogP contribution is 2.30. The SMILES string of the molecule is Cc1c(C(=O)OCc2nc(-c3ccc(C(F)(F)F)cc3)no2)cnn1-c1ccccc1. The Morgan fingerprint density at radius 2 is 1.81 bits per heavy atom. The molecule has 0 unspecified atom stereocenters. The summed E-state index contributed by atoms with van der Waals surface area (Å²) < 4.78 is 49.9. The van der Waals surface area contributed by atoms with Gasteiger partial charge in [0.1, 0.15) is 5.56 Å². The van der Waals surface area contributed by atoms with E-state index in [4.69, 9.17) is 9.26 Å². The number of alkyl halides is 3. The first-order valence-electron chi connectivity index (χ1n) is 9.10. The minimum absolute atomic E-state index is 0.0105. The number of para-hydroxylation sites is 1. The molecule has 31 heavy (non-hydrogen) atoms. The predicted molar refractivity (Wildman–Crippen MR) is 102 cm³/mol. The van der Waals surface area contributed by atoms with Gasteiger partial charge in [-0.2, -0.15) is 23.3 Å². The molecule has 4 aromatic rings. The number of hydrogen-bond acceptors (Lipinski definition) is 6. The van der Waals surface area contributed by atoms with E-state index >= 15 is 0 Å². The fraction of sp³-hybridized carbons (Fsp3) is 0.143. The van der Waals surface area contributed by atoms with Crippen molar-refractivity contribution in [3.05, 3.63) is 83.5 Å². The summed E-state index contributed by atoms with van der Waals surface area (Å²) in [6.07, 6.45) is -3.02. The largest absolute Gasteiger partial charge is 0.452 e. The molecule has 2 heterocycles. The van der Waals surface area contributed by atoms with Gasteiger partial charge in [0.2, 0.25) is 5.82 Å². The van der Waals surface area contributed by atoms with Crippen LogP contribution in [0.2, 0.25) is 0 Å². The monoisotopic (exact) mass is 428 g/mol. The highest BCUT2D eigenvalue weighted by Gasteiger charge is 2.30. The molecule has 2 aromatic heterocycles. The number of benzene rings is 2. The van der Waals surface area contributed by atoms with E-state index in [-0.39, 0.29) is 23.9 Å². The maximum atomic E-state index is 12.7. The lowest BCUT2D eigenvalue weighted by Crippen LogP contribution is -2.07. The average Bonchev–Trinajstić information content (AvgIpc) is 3.39.